The first-order valence-corrected chi connectivity index (χ1v) is 7.38. The number of pyridine rings is 1. The van der Waals surface area contributed by atoms with Crippen LogP contribution in [-0.4, -0.2) is 14.5 Å². The Balaban J connectivity index is 2.32. The molecule has 0 saturated carbocycles. The molecule has 2 heterocycles. The van der Waals surface area contributed by atoms with Crippen molar-refractivity contribution < 1.29 is 0 Å². The number of benzene rings is 1. The van der Waals surface area contributed by atoms with Crippen LogP contribution in [-0.2, 0) is 6.42 Å². The maximum atomic E-state index is 4.86. The topological polar surface area (TPSA) is 30.7 Å². The number of aromatic nitrogens is 3. The third-order valence-corrected chi connectivity index (χ3v) is 3.54. The van der Waals surface area contributed by atoms with Crippen LogP contribution in [0.15, 0.2) is 30.3 Å². The summed E-state index contributed by atoms with van der Waals surface area (Å²) in [5, 5.41) is 0. The van der Waals surface area contributed by atoms with E-state index in [1.165, 1.54) is 5.56 Å². The van der Waals surface area contributed by atoms with E-state index >= 15 is 0 Å². The van der Waals surface area contributed by atoms with Gasteiger partial charge in [-0.2, -0.15) is 0 Å². The summed E-state index contributed by atoms with van der Waals surface area (Å²) in [6.07, 6.45) is 0.934. The minimum absolute atomic E-state index is 0.551. The number of fused-ring (bicyclic) bond motifs is 1. The Morgan fingerprint density at radius 2 is 2.05 bits per heavy atom. The fourth-order valence-electron chi connectivity index (χ4n) is 2.70. The lowest BCUT2D eigenvalue weighted by Gasteiger charge is -2.10. The second-order valence-electron chi connectivity index (χ2n) is 5.98. The molecule has 3 aromatic rings. The largest absolute Gasteiger partial charge is 0.281 e. The Morgan fingerprint density at radius 3 is 2.71 bits per heavy atom. The van der Waals surface area contributed by atoms with E-state index in [-0.39, 0.29) is 0 Å². The van der Waals surface area contributed by atoms with Crippen molar-refractivity contribution in [1.29, 1.82) is 0 Å². The molecule has 0 bridgehead atoms. The third kappa shape index (κ3) is 2.56. The van der Waals surface area contributed by atoms with Crippen LogP contribution in [0.3, 0.4) is 0 Å². The van der Waals surface area contributed by atoms with Crippen LogP contribution in [0.1, 0.15) is 30.9 Å². The number of imidazole rings is 1. The molecule has 0 aliphatic heterocycles. The Hall–Kier alpha value is -2.16. The Morgan fingerprint density at radius 1 is 1.24 bits per heavy atom. The number of nitrogens with zero attached hydrogens (tertiary/aromatic N) is 3. The molecule has 21 heavy (non-hydrogen) atoms. The van der Waals surface area contributed by atoms with Gasteiger partial charge in [-0.15, -0.1) is 0 Å². The third-order valence-electron chi connectivity index (χ3n) is 3.54. The molecule has 0 unspecified atom stereocenters. The first-order valence-electron chi connectivity index (χ1n) is 7.38. The molecule has 0 aliphatic carbocycles. The van der Waals surface area contributed by atoms with Crippen LogP contribution in [0.4, 0.5) is 0 Å². The van der Waals surface area contributed by atoms with Crippen molar-refractivity contribution in [3.63, 3.8) is 0 Å². The summed E-state index contributed by atoms with van der Waals surface area (Å²) >= 11 is 0. The zero-order chi connectivity index (χ0) is 15.0. The van der Waals surface area contributed by atoms with Crippen LogP contribution in [0, 0.1) is 25.8 Å². The summed E-state index contributed by atoms with van der Waals surface area (Å²) in [5.41, 5.74) is 5.23. The molecule has 0 N–H and O–H groups in total. The van der Waals surface area contributed by atoms with Crippen LogP contribution < -0.4 is 0 Å². The average molecular weight is 278 g/mol. The predicted molar refractivity (Wildman–Crippen MR) is 85.7 cm³/mol. The van der Waals surface area contributed by atoms with Gasteiger partial charge in [0, 0.05) is 17.8 Å². The summed E-state index contributed by atoms with van der Waals surface area (Å²) < 4.78 is 2.17. The molecule has 0 atom stereocenters. The Kier molecular flexibility index (Phi) is 3.50. The Bertz CT molecular complexity index is 770. The van der Waals surface area contributed by atoms with Crippen molar-refractivity contribution in [1.82, 2.24) is 14.5 Å². The lowest BCUT2D eigenvalue weighted by Crippen LogP contribution is -2.05. The summed E-state index contributed by atoms with van der Waals surface area (Å²) in [7, 11) is 0. The molecule has 0 saturated heterocycles. The highest BCUT2D eigenvalue weighted by Crippen LogP contribution is 2.24. The molecular formula is C18H20N3. The van der Waals surface area contributed by atoms with E-state index in [0.29, 0.717) is 5.92 Å². The van der Waals surface area contributed by atoms with Gasteiger partial charge in [0.2, 0.25) is 0 Å². The van der Waals surface area contributed by atoms with Crippen LogP contribution in [0.2, 0.25) is 0 Å². The van der Waals surface area contributed by atoms with Gasteiger partial charge in [-0.05, 0) is 49.6 Å². The summed E-state index contributed by atoms with van der Waals surface area (Å²) in [4.78, 5) is 9.58. The molecule has 0 aliphatic rings. The minimum Gasteiger partial charge on any atom is -0.281 e. The Labute approximate surface area is 125 Å². The number of hydrogen-bond acceptors (Lipinski definition) is 2. The van der Waals surface area contributed by atoms with Crippen LogP contribution >= 0.6 is 0 Å². The van der Waals surface area contributed by atoms with Crippen molar-refractivity contribution in [3.05, 3.63) is 53.5 Å². The van der Waals surface area contributed by atoms with Crippen LogP contribution in [0.25, 0.3) is 16.9 Å². The summed E-state index contributed by atoms with van der Waals surface area (Å²) in [6, 6.07) is 13.2. The summed E-state index contributed by atoms with van der Waals surface area (Å²) in [6.45, 7) is 8.56. The van der Waals surface area contributed by atoms with E-state index in [1.807, 2.05) is 25.1 Å². The SMILES string of the molecule is Cc1cc(C)c2nc(CC(C)C)n(-c3c[c]ccc3)c2n1. The molecule has 3 heteroatoms. The molecule has 1 aromatic carbocycles. The fraction of sp³-hybridized carbons (Fsp3) is 0.333. The van der Waals surface area contributed by atoms with E-state index in [2.05, 4.69) is 43.5 Å². The minimum atomic E-state index is 0.551. The van der Waals surface area contributed by atoms with Gasteiger partial charge < -0.3 is 0 Å². The maximum absolute atomic E-state index is 4.86. The number of hydrogen-bond donors (Lipinski definition) is 0. The monoisotopic (exact) mass is 278 g/mol. The molecule has 0 amide bonds. The van der Waals surface area contributed by atoms with Crippen molar-refractivity contribution >= 4 is 11.2 Å². The van der Waals surface area contributed by atoms with Gasteiger partial charge in [-0.25, -0.2) is 9.97 Å². The molecule has 2 aromatic heterocycles. The lowest BCUT2D eigenvalue weighted by atomic mass is 10.1. The lowest BCUT2D eigenvalue weighted by molar-refractivity contribution is 0.616. The first-order chi connectivity index (χ1) is 10.1. The highest BCUT2D eigenvalue weighted by atomic mass is 15.1. The van der Waals surface area contributed by atoms with E-state index in [1.54, 1.807) is 0 Å². The maximum Gasteiger partial charge on any atom is 0.165 e. The molecule has 0 fully saturated rings. The molecule has 0 spiro atoms. The zero-order valence-electron chi connectivity index (χ0n) is 13.0. The van der Waals surface area contributed by atoms with Gasteiger partial charge in [-0.1, -0.05) is 26.0 Å². The zero-order valence-corrected chi connectivity index (χ0v) is 13.0. The predicted octanol–water partition coefficient (Wildman–Crippen LogP) is 4.04. The normalized spacial score (nSPS) is 11.5. The van der Waals surface area contributed by atoms with Gasteiger partial charge in [0.05, 0.1) is 0 Å². The van der Waals surface area contributed by atoms with Crippen molar-refractivity contribution in [2.45, 2.75) is 34.1 Å². The van der Waals surface area contributed by atoms with E-state index < -0.39 is 0 Å². The van der Waals surface area contributed by atoms with E-state index in [9.17, 15) is 0 Å². The van der Waals surface area contributed by atoms with Gasteiger partial charge >= 0.3 is 0 Å². The fourth-order valence-corrected chi connectivity index (χ4v) is 2.70. The molecule has 1 radical (unpaired) electrons. The van der Waals surface area contributed by atoms with E-state index in [4.69, 9.17) is 9.97 Å². The van der Waals surface area contributed by atoms with Crippen LogP contribution in [0.5, 0.6) is 0 Å². The van der Waals surface area contributed by atoms with Crippen molar-refractivity contribution in [2.75, 3.05) is 0 Å². The van der Waals surface area contributed by atoms with Crippen molar-refractivity contribution in [2.24, 2.45) is 5.92 Å². The van der Waals surface area contributed by atoms with Gasteiger partial charge in [0.25, 0.3) is 0 Å². The molecule has 3 nitrogen and oxygen atoms in total. The van der Waals surface area contributed by atoms with E-state index in [0.717, 1.165) is 34.8 Å². The standard InChI is InChI=1S/C18H20N3/c1-12(2)10-16-20-17-13(3)11-14(4)19-18(17)21(16)15-8-6-5-7-9-15/h5-6,8-9,11-12H,10H2,1-4H3. The molecule has 3 rings (SSSR count). The second-order valence-corrected chi connectivity index (χ2v) is 5.98. The first kappa shape index (κ1) is 13.8. The van der Waals surface area contributed by atoms with Gasteiger partial charge in [-0.3, -0.25) is 4.57 Å². The number of aryl methyl sites for hydroxylation is 2. The highest BCUT2D eigenvalue weighted by Gasteiger charge is 2.16. The van der Waals surface area contributed by atoms with Gasteiger partial charge in [0.1, 0.15) is 11.3 Å². The second kappa shape index (κ2) is 5.32. The quantitative estimate of drug-likeness (QED) is 0.724. The highest BCUT2D eigenvalue weighted by molar-refractivity contribution is 5.78. The number of rotatable bonds is 3. The summed E-state index contributed by atoms with van der Waals surface area (Å²) in [5.74, 6) is 1.62. The molecule has 107 valence electrons. The van der Waals surface area contributed by atoms with Gasteiger partial charge in [0.15, 0.2) is 5.65 Å². The molecular weight excluding hydrogens is 258 g/mol. The average Bonchev–Trinajstić information content (AvgIpc) is 2.77. The smallest absolute Gasteiger partial charge is 0.165 e. The van der Waals surface area contributed by atoms with Crippen molar-refractivity contribution in [3.8, 4) is 5.69 Å².